The molecule has 0 radical (unpaired) electrons. The third kappa shape index (κ3) is 1.96. The number of hydrogen-bond acceptors (Lipinski definition) is 3. The maximum atomic E-state index is 13.3. The van der Waals surface area contributed by atoms with Crippen molar-refractivity contribution in [2.24, 2.45) is 0 Å². The van der Waals surface area contributed by atoms with Crippen LogP contribution in [0.25, 0.3) is 0 Å². The van der Waals surface area contributed by atoms with Gasteiger partial charge in [0.25, 0.3) is 0 Å². The highest BCUT2D eigenvalue weighted by atomic mass is 35.5. The molecule has 1 fully saturated rings. The fourth-order valence-corrected chi connectivity index (χ4v) is 2.62. The standard InChI is InChI=1S/C12H14ClFN2O/c13-8-5-11-10(6-9(8)14)15-7-12(16-11)1-3-17-4-2-12/h5-6,15-16H,1-4,7H2. The number of rotatable bonds is 0. The fourth-order valence-electron chi connectivity index (χ4n) is 2.45. The first-order valence-electron chi connectivity index (χ1n) is 5.77. The number of ether oxygens (including phenoxy) is 1. The highest BCUT2D eigenvalue weighted by Gasteiger charge is 2.35. The molecule has 5 heteroatoms. The predicted octanol–water partition coefficient (Wildman–Crippen LogP) is 2.87. The summed E-state index contributed by atoms with van der Waals surface area (Å²) in [4.78, 5) is 0. The minimum atomic E-state index is -0.386. The summed E-state index contributed by atoms with van der Waals surface area (Å²) in [6.07, 6.45) is 1.91. The van der Waals surface area contributed by atoms with Gasteiger partial charge in [-0.05, 0) is 18.9 Å². The van der Waals surface area contributed by atoms with E-state index in [-0.39, 0.29) is 16.4 Å². The fraction of sp³-hybridized carbons (Fsp3) is 0.500. The van der Waals surface area contributed by atoms with Gasteiger partial charge >= 0.3 is 0 Å². The van der Waals surface area contributed by atoms with Gasteiger partial charge in [-0.3, -0.25) is 0 Å². The highest BCUT2D eigenvalue weighted by Crippen LogP contribution is 2.37. The molecule has 1 saturated heterocycles. The lowest BCUT2D eigenvalue weighted by atomic mass is 9.87. The minimum Gasteiger partial charge on any atom is -0.381 e. The first-order chi connectivity index (χ1) is 8.19. The van der Waals surface area contributed by atoms with Crippen LogP contribution in [0.4, 0.5) is 15.8 Å². The lowest BCUT2D eigenvalue weighted by Crippen LogP contribution is -2.51. The molecular formula is C12H14ClFN2O. The zero-order valence-corrected chi connectivity index (χ0v) is 10.1. The van der Waals surface area contributed by atoms with Gasteiger partial charge in [0.05, 0.1) is 21.9 Å². The molecule has 17 heavy (non-hydrogen) atoms. The van der Waals surface area contributed by atoms with E-state index in [9.17, 15) is 4.39 Å². The van der Waals surface area contributed by atoms with Crippen LogP contribution in [0.5, 0.6) is 0 Å². The van der Waals surface area contributed by atoms with Crippen molar-refractivity contribution in [3.63, 3.8) is 0 Å². The number of halogens is 2. The van der Waals surface area contributed by atoms with Crippen LogP contribution in [0.15, 0.2) is 12.1 Å². The van der Waals surface area contributed by atoms with Gasteiger partial charge in [0.15, 0.2) is 0 Å². The number of hydrogen-bond donors (Lipinski definition) is 2. The summed E-state index contributed by atoms with van der Waals surface area (Å²) in [6.45, 7) is 2.32. The average molecular weight is 257 g/mol. The van der Waals surface area contributed by atoms with Crippen LogP contribution < -0.4 is 10.6 Å². The normalized spacial score (nSPS) is 21.5. The summed E-state index contributed by atoms with van der Waals surface area (Å²) in [6, 6.07) is 3.09. The summed E-state index contributed by atoms with van der Waals surface area (Å²) in [5.74, 6) is -0.386. The van der Waals surface area contributed by atoms with Crippen LogP contribution in [-0.4, -0.2) is 25.3 Å². The summed E-state index contributed by atoms with van der Waals surface area (Å²) in [5.41, 5.74) is 1.68. The zero-order valence-electron chi connectivity index (χ0n) is 9.35. The van der Waals surface area contributed by atoms with E-state index in [2.05, 4.69) is 10.6 Å². The lowest BCUT2D eigenvalue weighted by molar-refractivity contribution is 0.0635. The van der Waals surface area contributed by atoms with Gasteiger partial charge in [0.1, 0.15) is 5.82 Å². The zero-order chi connectivity index (χ0) is 11.9. The van der Waals surface area contributed by atoms with Crippen LogP contribution in [0.2, 0.25) is 5.02 Å². The summed E-state index contributed by atoms with van der Waals surface area (Å²) >= 11 is 5.81. The Morgan fingerprint density at radius 1 is 1.24 bits per heavy atom. The SMILES string of the molecule is Fc1cc2c(cc1Cl)NC1(CCOCC1)CN2. The van der Waals surface area contributed by atoms with Crippen LogP contribution >= 0.6 is 11.6 Å². The molecule has 2 heterocycles. The third-order valence-electron chi connectivity index (χ3n) is 3.53. The second-order valence-corrected chi connectivity index (χ2v) is 5.09. The van der Waals surface area contributed by atoms with Crippen molar-refractivity contribution in [2.45, 2.75) is 18.4 Å². The Kier molecular flexibility index (Phi) is 2.64. The second kappa shape index (κ2) is 4.03. The molecular weight excluding hydrogens is 243 g/mol. The van der Waals surface area contributed by atoms with Crippen molar-refractivity contribution in [1.29, 1.82) is 0 Å². The van der Waals surface area contributed by atoms with Crippen molar-refractivity contribution in [1.82, 2.24) is 0 Å². The quantitative estimate of drug-likeness (QED) is 0.749. The van der Waals surface area contributed by atoms with Gasteiger partial charge in [-0.15, -0.1) is 0 Å². The molecule has 1 aromatic rings. The Bertz CT molecular complexity index is 446. The average Bonchev–Trinajstić information content (AvgIpc) is 2.33. The molecule has 0 atom stereocenters. The highest BCUT2D eigenvalue weighted by molar-refractivity contribution is 6.31. The van der Waals surface area contributed by atoms with Crippen LogP contribution in [-0.2, 0) is 4.74 Å². The number of benzene rings is 1. The van der Waals surface area contributed by atoms with E-state index in [1.165, 1.54) is 6.07 Å². The van der Waals surface area contributed by atoms with E-state index >= 15 is 0 Å². The van der Waals surface area contributed by atoms with E-state index in [0.29, 0.717) is 0 Å². The van der Waals surface area contributed by atoms with Gasteiger partial charge < -0.3 is 15.4 Å². The molecule has 1 spiro atoms. The molecule has 3 nitrogen and oxygen atoms in total. The molecule has 0 aromatic heterocycles. The first kappa shape index (κ1) is 11.1. The monoisotopic (exact) mass is 256 g/mol. The third-order valence-corrected chi connectivity index (χ3v) is 3.82. The van der Waals surface area contributed by atoms with E-state index in [1.54, 1.807) is 6.07 Å². The molecule has 2 N–H and O–H groups in total. The Morgan fingerprint density at radius 3 is 2.76 bits per heavy atom. The van der Waals surface area contributed by atoms with Crippen molar-refractivity contribution in [2.75, 3.05) is 30.4 Å². The first-order valence-corrected chi connectivity index (χ1v) is 6.15. The number of nitrogens with one attached hydrogen (secondary N) is 2. The van der Waals surface area contributed by atoms with E-state index in [1.807, 2.05) is 0 Å². The van der Waals surface area contributed by atoms with E-state index in [4.69, 9.17) is 16.3 Å². The maximum Gasteiger partial charge on any atom is 0.143 e. The summed E-state index contributed by atoms with van der Waals surface area (Å²) in [7, 11) is 0. The van der Waals surface area contributed by atoms with Crippen molar-refractivity contribution in [3.8, 4) is 0 Å². The molecule has 0 saturated carbocycles. The van der Waals surface area contributed by atoms with Crippen LogP contribution in [0, 0.1) is 5.82 Å². The Morgan fingerprint density at radius 2 is 2.00 bits per heavy atom. The van der Waals surface area contributed by atoms with Gasteiger partial charge in [-0.25, -0.2) is 4.39 Å². The minimum absolute atomic E-state index is 0.0202. The topological polar surface area (TPSA) is 33.3 Å². The summed E-state index contributed by atoms with van der Waals surface area (Å²) in [5, 5.41) is 6.92. The van der Waals surface area contributed by atoms with Gasteiger partial charge in [0, 0.05) is 25.8 Å². The van der Waals surface area contributed by atoms with E-state index < -0.39 is 0 Å². The number of fused-ring (bicyclic) bond motifs is 1. The largest absolute Gasteiger partial charge is 0.381 e. The summed E-state index contributed by atoms with van der Waals surface area (Å²) < 4.78 is 18.7. The molecule has 0 unspecified atom stereocenters. The van der Waals surface area contributed by atoms with Crippen LogP contribution in [0.1, 0.15) is 12.8 Å². The Hall–Kier alpha value is -1.00. The molecule has 2 aliphatic rings. The molecule has 2 aliphatic heterocycles. The van der Waals surface area contributed by atoms with Crippen LogP contribution in [0.3, 0.4) is 0 Å². The Balaban J connectivity index is 1.91. The van der Waals surface area contributed by atoms with E-state index in [0.717, 1.165) is 44.0 Å². The lowest BCUT2D eigenvalue weighted by Gasteiger charge is -2.43. The molecule has 1 aromatic carbocycles. The molecule has 0 bridgehead atoms. The van der Waals surface area contributed by atoms with Crippen molar-refractivity contribution < 1.29 is 9.13 Å². The van der Waals surface area contributed by atoms with Crippen molar-refractivity contribution in [3.05, 3.63) is 23.0 Å². The molecule has 0 aliphatic carbocycles. The predicted molar refractivity (Wildman–Crippen MR) is 66.3 cm³/mol. The van der Waals surface area contributed by atoms with Gasteiger partial charge in [-0.2, -0.15) is 0 Å². The maximum absolute atomic E-state index is 13.3. The molecule has 3 rings (SSSR count). The number of anilines is 2. The van der Waals surface area contributed by atoms with Gasteiger partial charge in [0.2, 0.25) is 0 Å². The smallest absolute Gasteiger partial charge is 0.143 e. The Labute approximate surface area is 104 Å². The van der Waals surface area contributed by atoms with Crippen molar-refractivity contribution >= 4 is 23.0 Å². The second-order valence-electron chi connectivity index (χ2n) is 4.68. The molecule has 0 amide bonds. The van der Waals surface area contributed by atoms with Gasteiger partial charge in [-0.1, -0.05) is 11.6 Å². The molecule has 92 valence electrons.